The number of nitrogens with zero attached hydrogens (tertiary/aromatic N) is 1. The van der Waals surface area contributed by atoms with Gasteiger partial charge in [0.05, 0.1) is 5.92 Å². The highest BCUT2D eigenvalue weighted by Gasteiger charge is 2.10. The van der Waals surface area contributed by atoms with Gasteiger partial charge in [-0.05, 0) is 36.5 Å². The predicted molar refractivity (Wildman–Crippen MR) is 88.4 cm³/mol. The van der Waals surface area contributed by atoms with Gasteiger partial charge in [0, 0.05) is 18.0 Å². The quantitative estimate of drug-likeness (QED) is 0.770. The summed E-state index contributed by atoms with van der Waals surface area (Å²) in [6.07, 6.45) is 8.22. The maximum absolute atomic E-state index is 10.8. The Labute approximate surface area is 131 Å². The van der Waals surface area contributed by atoms with Gasteiger partial charge in [0.1, 0.15) is 0 Å². The SMILES string of the molecule is CC(CCC/C=C(\c1ccccc1)c1cccnc1)C(=O)O. The number of hydrogen-bond acceptors (Lipinski definition) is 2. The minimum Gasteiger partial charge on any atom is -0.481 e. The second-order valence-corrected chi connectivity index (χ2v) is 5.40. The molecule has 22 heavy (non-hydrogen) atoms. The Morgan fingerprint density at radius 1 is 1.18 bits per heavy atom. The van der Waals surface area contributed by atoms with E-state index in [4.69, 9.17) is 5.11 Å². The number of pyridine rings is 1. The number of aliphatic carboxylic acids is 1. The first-order chi connectivity index (χ1) is 10.7. The van der Waals surface area contributed by atoms with Gasteiger partial charge in [-0.15, -0.1) is 0 Å². The van der Waals surface area contributed by atoms with Crippen LogP contribution in [0, 0.1) is 5.92 Å². The molecule has 2 aromatic rings. The van der Waals surface area contributed by atoms with Crippen molar-refractivity contribution in [3.8, 4) is 0 Å². The summed E-state index contributed by atoms with van der Waals surface area (Å²) in [6, 6.07) is 14.2. The molecule has 1 aromatic heterocycles. The average Bonchev–Trinajstić information content (AvgIpc) is 2.56. The van der Waals surface area contributed by atoms with Gasteiger partial charge >= 0.3 is 5.97 Å². The van der Waals surface area contributed by atoms with Crippen LogP contribution in [-0.2, 0) is 4.79 Å². The van der Waals surface area contributed by atoms with Gasteiger partial charge < -0.3 is 5.11 Å². The summed E-state index contributed by atoms with van der Waals surface area (Å²) in [7, 11) is 0. The molecule has 0 amide bonds. The fourth-order valence-electron chi connectivity index (χ4n) is 2.34. The van der Waals surface area contributed by atoms with Crippen LogP contribution in [0.3, 0.4) is 0 Å². The van der Waals surface area contributed by atoms with Crippen molar-refractivity contribution in [3.63, 3.8) is 0 Å². The average molecular weight is 295 g/mol. The van der Waals surface area contributed by atoms with E-state index < -0.39 is 5.97 Å². The van der Waals surface area contributed by atoms with E-state index in [1.807, 2.05) is 36.5 Å². The largest absolute Gasteiger partial charge is 0.481 e. The van der Waals surface area contributed by atoms with Crippen molar-refractivity contribution in [3.05, 3.63) is 72.1 Å². The Kier molecular flexibility index (Phi) is 5.90. The van der Waals surface area contributed by atoms with E-state index in [1.165, 1.54) is 0 Å². The van der Waals surface area contributed by atoms with E-state index >= 15 is 0 Å². The molecule has 3 nitrogen and oxygen atoms in total. The zero-order valence-electron chi connectivity index (χ0n) is 12.8. The van der Waals surface area contributed by atoms with E-state index in [0.29, 0.717) is 6.42 Å². The highest BCUT2D eigenvalue weighted by atomic mass is 16.4. The molecule has 0 aliphatic rings. The summed E-state index contributed by atoms with van der Waals surface area (Å²) in [5.41, 5.74) is 3.39. The topological polar surface area (TPSA) is 50.2 Å². The second-order valence-electron chi connectivity index (χ2n) is 5.40. The van der Waals surface area contributed by atoms with Crippen LogP contribution in [0.4, 0.5) is 0 Å². The smallest absolute Gasteiger partial charge is 0.306 e. The fraction of sp³-hybridized carbons (Fsp3) is 0.263. The molecule has 1 unspecified atom stereocenters. The molecule has 2 rings (SSSR count). The molecule has 114 valence electrons. The van der Waals surface area contributed by atoms with Gasteiger partial charge in [-0.3, -0.25) is 9.78 Å². The molecule has 3 heteroatoms. The predicted octanol–water partition coefficient (Wildman–Crippen LogP) is 4.40. The molecule has 1 N–H and O–H groups in total. The molecule has 0 fully saturated rings. The van der Waals surface area contributed by atoms with Gasteiger partial charge in [0.25, 0.3) is 0 Å². The molecule has 1 atom stereocenters. The lowest BCUT2D eigenvalue weighted by Crippen LogP contribution is -2.08. The minimum absolute atomic E-state index is 0.285. The molecule has 1 heterocycles. The normalized spacial score (nSPS) is 12.9. The van der Waals surface area contributed by atoms with Crippen LogP contribution < -0.4 is 0 Å². The lowest BCUT2D eigenvalue weighted by Gasteiger charge is -2.09. The zero-order valence-corrected chi connectivity index (χ0v) is 12.8. The number of carboxylic acid groups (broad SMARTS) is 1. The van der Waals surface area contributed by atoms with E-state index in [9.17, 15) is 4.79 Å². The number of rotatable bonds is 7. The molecular weight excluding hydrogens is 274 g/mol. The molecule has 0 radical (unpaired) electrons. The molecule has 0 saturated carbocycles. The Hall–Kier alpha value is -2.42. The number of aromatic nitrogens is 1. The van der Waals surface area contributed by atoms with E-state index in [0.717, 1.165) is 29.5 Å². The van der Waals surface area contributed by atoms with Crippen LogP contribution in [0.2, 0.25) is 0 Å². The fourth-order valence-corrected chi connectivity index (χ4v) is 2.34. The first-order valence-electron chi connectivity index (χ1n) is 7.57. The van der Waals surface area contributed by atoms with Crippen LogP contribution in [0.25, 0.3) is 5.57 Å². The van der Waals surface area contributed by atoms with Crippen LogP contribution in [0.5, 0.6) is 0 Å². The van der Waals surface area contributed by atoms with Crippen LogP contribution in [-0.4, -0.2) is 16.1 Å². The van der Waals surface area contributed by atoms with E-state index in [2.05, 4.69) is 23.2 Å². The van der Waals surface area contributed by atoms with Crippen molar-refractivity contribution in [1.82, 2.24) is 4.98 Å². The highest BCUT2D eigenvalue weighted by Crippen LogP contribution is 2.24. The number of carboxylic acids is 1. The third kappa shape index (κ3) is 4.55. The lowest BCUT2D eigenvalue weighted by atomic mass is 9.96. The third-order valence-electron chi connectivity index (χ3n) is 3.67. The first-order valence-corrected chi connectivity index (χ1v) is 7.57. The Balaban J connectivity index is 2.12. The third-order valence-corrected chi connectivity index (χ3v) is 3.67. The molecule has 0 bridgehead atoms. The molecule has 0 aliphatic heterocycles. The monoisotopic (exact) mass is 295 g/mol. The van der Waals surface area contributed by atoms with Crippen LogP contribution in [0.15, 0.2) is 60.9 Å². The summed E-state index contributed by atoms with van der Waals surface area (Å²) >= 11 is 0. The van der Waals surface area contributed by atoms with Crippen molar-refractivity contribution in [1.29, 1.82) is 0 Å². The van der Waals surface area contributed by atoms with Crippen molar-refractivity contribution >= 4 is 11.5 Å². The maximum atomic E-state index is 10.8. The van der Waals surface area contributed by atoms with Gasteiger partial charge in [-0.25, -0.2) is 0 Å². The van der Waals surface area contributed by atoms with E-state index in [1.54, 1.807) is 13.1 Å². The standard InChI is InChI=1S/C19H21NO2/c1-15(19(21)22)8-5-6-12-18(16-9-3-2-4-10-16)17-11-7-13-20-14-17/h2-4,7,9-15H,5-6,8H2,1H3,(H,21,22)/b18-12+. The van der Waals surface area contributed by atoms with Crippen molar-refractivity contribution in [2.24, 2.45) is 5.92 Å². The Morgan fingerprint density at radius 2 is 1.91 bits per heavy atom. The van der Waals surface area contributed by atoms with Crippen molar-refractivity contribution < 1.29 is 9.90 Å². The molecule has 0 spiro atoms. The number of hydrogen-bond donors (Lipinski definition) is 1. The van der Waals surface area contributed by atoms with Gasteiger partial charge in [-0.2, -0.15) is 0 Å². The zero-order chi connectivity index (χ0) is 15.8. The Morgan fingerprint density at radius 3 is 2.55 bits per heavy atom. The van der Waals surface area contributed by atoms with Crippen LogP contribution in [0.1, 0.15) is 37.3 Å². The maximum Gasteiger partial charge on any atom is 0.306 e. The number of unbranched alkanes of at least 4 members (excludes halogenated alkanes) is 1. The van der Waals surface area contributed by atoms with Gasteiger partial charge in [0.2, 0.25) is 0 Å². The van der Waals surface area contributed by atoms with Crippen molar-refractivity contribution in [2.75, 3.05) is 0 Å². The lowest BCUT2D eigenvalue weighted by molar-refractivity contribution is -0.141. The highest BCUT2D eigenvalue weighted by molar-refractivity contribution is 5.79. The van der Waals surface area contributed by atoms with Crippen LogP contribution >= 0.6 is 0 Å². The number of carbonyl (C=O) groups is 1. The van der Waals surface area contributed by atoms with E-state index in [-0.39, 0.29) is 5.92 Å². The first kappa shape index (κ1) is 16.0. The molecule has 0 saturated heterocycles. The summed E-state index contributed by atoms with van der Waals surface area (Å²) < 4.78 is 0. The molecule has 0 aliphatic carbocycles. The molecular formula is C19H21NO2. The van der Waals surface area contributed by atoms with Gasteiger partial charge in [0.15, 0.2) is 0 Å². The summed E-state index contributed by atoms with van der Waals surface area (Å²) in [5, 5.41) is 8.92. The van der Waals surface area contributed by atoms with Crippen molar-refractivity contribution in [2.45, 2.75) is 26.2 Å². The second kappa shape index (κ2) is 8.13. The number of allylic oxidation sites excluding steroid dienone is 1. The minimum atomic E-state index is -0.723. The summed E-state index contributed by atoms with van der Waals surface area (Å²) in [5.74, 6) is -1.01. The summed E-state index contributed by atoms with van der Waals surface area (Å²) in [4.78, 5) is 15.0. The Bertz CT molecular complexity index is 579. The molecule has 1 aromatic carbocycles. The van der Waals surface area contributed by atoms with Gasteiger partial charge in [-0.1, -0.05) is 49.4 Å². The number of benzene rings is 1. The summed E-state index contributed by atoms with van der Waals surface area (Å²) in [6.45, 7) is 1.76.